The van der Waals surface area contributed by atoms with Crippen LogP contribution in [0.4, 0.5) is 11.4 Å². The first-order valence-corrected chi connectivity index (χ1v) is 14.4. The largest absolute Gasteiger partial charge is 0.460 e. The number of carbonyl (C=O) groups excluding carboxylic acids is 5. The minimum absolute atomic E-state index is 0.153. The van der Waals surface area contributed by atoms with Gasteiger partial charge in [0.25, 0.3) is 11.8 Å². The Morgan fingerprint density at radius 2 is 1.59 bits per heavy atom. The molecule has 2 aromatic carbocycles. The summed E-state index contributed by atoms with van der Waals surface area (Å²) in [6.07, 6.45) is -0.166. The maximum Gasteiger partial charge on any atom is 0.312 e. The lowest BCUT2D eigenvalue weighted by atomic mass is 9.99. The van der Waals surface area contributed by atoms with Gasteiger partial charge >= 0.3 is 5.97 Å². The minimum Gasteiger partial charge on any atom is -0.460 e. The summed E-state index contributed by atoms with van der Waals surface area (Å²) in [6, 6.07) is 8.77. The highest BCUT2D eigenvalue weighted by atomic mass is 16.6. The molecular formula is C33H42N4O7. The first-order chi connectivity index (χ1) is 20.5. The number of nitrogens with one attached hydrogen (secondary N) is 2. The Labute approximate surface area is 258 Å². The van der Waals surface area contributed by atoms with Gasteiger partial charge < -0.3 is 25.4 Å². The van der Waals surface area contributed by atoms with E-state index < -0.39 is 41.9 Å². The van der Waals surface area contributed by atoms with Crippen LogP contribution in [0.3, 0.4) is 0 Å². The van der Waals surface area contributed by atoms with E-state index >= 15 is 0 Å². The molecular weight excluding hydrogens is 564 g/mol. The molecule has 1 heterocycles. The third-order valence-electron chi connectivity index (χ3n) is 7.13. The van der Waals surface area contributed by atoms with E-state index in [-0.39, 0.29) is 25.5 Å². The fraction of sp³-hybridized carbons (Fsp3) is 0.424. The van der Waals surface area contributed by atoms with Crippen molar-refractivity contribution in [1.82, 2.24) is 10.6 Å². The first-order valence-electron chi connectivity index (χ1n) is 14.4. The molecule has 0 fully saturated rings. The van der Waals surface area contributed by atoms with Crippen molar-refractivity contribution in [2.75, 3.05) is 22.9 Å². The van der Waals surface area contributed by atoms with Crippen LogP contribution in [0.15, 0.2) is 47.7 Å². The number of carbonyl (C=O) groups is 5. The van der Waals surface area contributed by atoms with Gasteiger partial charge in [0.2, 0.25) is 11.8 Å². The lowest BCUT2D eigenvalue weighted by Gasteiger charge is -2.26. The van der Waals surface area contributed by atoms with E-state index in [1.54, 1.807) is 84.9 Å². The van der Waals surface area contributed by atoms with Gasteiger partial charge in [-0.3, -0.25) is 28.9 Å². The van der Waals surface area contributed by atoms with Crippen LogP contribution in [-0.4, -0.2) is 59.4 Å². The molecule has 0 saturated heterocycles. The zero-order valence-electron chi connectivity index (χ0n) is 26.7. The number of aliphatic hydroxyl groups is 1. The van der Waals surface area contributed by atoms with Crippen LogP contribution in [0, 0.1) is 13.8 Å². The molecule has 3 N–H and O–H groups in total. The number of esters is 1. The Kier molecular flexibility index (Phi) is 10.7. The van der Waals surface area contributed by atoms with E-state index in [1.807, 2.05) is 0 Å². The van der Waals surface area contributed by atoms with Gasteiger partial charge in [0.05, 0.1) is 30.9 Å². The van der Waals surface area contributed by atoms with Gasteiger partial charge in [-0.15, -0.1) is 0 Å². The molecule has 3 rings (SSSR count). The van der Waals surface area contributed by atoms with E-state index in [9.17, 15) is 29.1 Å². The van der Waals surface area contributed by atoms with Crippen molar-refractivity contribution in [3.8, 4) is 0 Å². The topological polar surface area (TPSA) is 145 Å². The normalized spacial score (nSPS) is 14.8. The number of rotatable bonds is 8. The van der Waals surface area contributed by atoms with Crippen molar-refractivity contribution in [2.24, 2.45) is 0 Å². The van der Waals surface area contributed by atoms with Gasteiger partial charge in [0, 0.05) is 18.2 Å². The van der Waals surface area contributed by atoms with Crippen LogP contribution in [-0.2, 0) is 30.5 Å². The predicted octanol–water partition coefficient (Wildman–Crippen LogP) is 3.44. The zero-order valence-corrected chi connectivity index (χ0v) is 26.7. The summed E-state index contributed by atoms with van der Waals surface area (Å²) in [5.74, 6) is -2.56. The number of nitrogens with zero attached hydrogens (tertiary/aromatic N) is 2. The van der Waals surface area contributed by atoms with Crippen molar-refractivity contribution >= 4 is 41.0 Å². The number of hydrogen-bond donors (Lipinski definition) is 3. The maximum absolute atomic E-state index is 14.0. The molecule has 0 aliphatic carbocycles. The lowest BCUT2D eigenvalue weighted by Crippen LogP contribution is -2.54. The fourth-order valence-corrected chi connectivity index (χ4v) is 4.99. The Bertz CT molecular complexity index is 1480. The maximum atomic E-state index is 14.0. The predicted molar refractivity (Wildman–Crippen MR) is 167 cm³/mol. The first kappa shape index (κ1) is 34.0. The molecule has 11 nitrogen and oxygen atoms in total. The van der Waals surface area contributed by atoms with Crippen molar-refractivity contribution in [1.29, 1.82) is 0 Å². The second kappa shape index (κ2) is 13.9. The number of amides is 4. The molecule has 0 unspecified atom stereocenters. The van der Waals surface area contributed by atoms with Crippen LogP contribution >= 0.6 is 0 Å². The molecule has 0 bridgehead atoms. The molecule has 11 heteroatoms. The van der Waals surface area contributed by atoms with Crippen molar-refractivity contribution in [3.05, 3.63) is 69.9 Å². The summed E-state index contributed by atoms with van der Waals surface area (Å²) in [4.78, 5) is 68.7. The van der Waals surface area contributed by atoms with Crippen molar-refractivity contribution in [2.45, 2.75) is 80.1 Å². The van der Waals surface area contributed by atoms with Gasteiger partial charge in [-0.05, 0) is 89.4 Å². The Morgan fingerprint density at radius 1 is 1.00 bits per heavy atom. The van der Waals surface area contributed by atoms with Gasteiger partial charge in [0.15, 0.2) is 0 Å². The van der Waals surface area contributed by atoms with Crippen LogP contribution < -0.4 is 20.4 Å². The molecule has 1 aliphatic rings. The summed E-state index contributed by atoms with van der Waals surface area (Å²) in [5.41, 5.74) is 3.54. The van der Waals surface area contributed by atoms with Crippen molar-refractivity contribution < 1.29 is 33.8 Å². The quantitative estimate of drug-likeness (QED) is 0.391. The number of aliphatic hydroxyl groups excluding tert-OH is 1. The standard InChI is InChI=1S/C33H42N4O7/c1-19(2)25(15-30(41)44-33(6,7)8)34-29(40)17-37-28-12-10-9-11-27(28)36(22(5)39)16-26(32(37)43)35-31(42)23-13-20(3)24(18-38)21(4)14-23/h9-14,26,38H,15-18H2,1-8H3,(H,34,40)(H,35,42)/t26-/m0/s1. The third kappa shape index (κ3) is 8.31. The Balaban J connectivity index is 1.93. The number of fused-ring (bicyclic) bond motifs is 1. The molecule has 1 aliphatic heterocycles. The highest BCUT2D eigenvalue weighted by Gasteiger charge is 2.37. The van der Waals surface area contributed by atoms with E-state index in [2.05, 4.69) is 10.6 Å². The number of aryl methyl sites for hydroxylation is 2. The summed E-state index contributed by atoms with van der Waals surface area (Å²) in [5, 5.41) is 15.2. The lowest BCUT2D eigenvalue weighted by molar-refractivity contribution is -0.154. The van der Waals surface area contributed by atoms with E-state index in [4.69, 9.17) is 4.74 Å². The van der Waals surface area contributed by atoms with Crippen molar-refractivity contribution in [3.63, 3.8) is 0 Å². The summed E-state index contributed by atoms with van der Waals surface area (Å²) in [6.45, 7) is 12.9. The second-order valence-electron chi connectivity index (χ2n) is 12.1. The molecule has 0 aromatic heterocycles. The van der Waals surface area contributed by atoms with Gasteiger partial charge in [-0.25, -0.2) is 0 Å². The summed E-state index contributed by atoms with van der Waals surface area (Å²) in [7, 11) is 0. The molecule has 44 heavy (non-hydrogen) atoms. The molecule has 0 saturated carbocycles. The number of allylic oxidation sites excluding steroid dienone is 1. The average Bonchev–Trinajstić information content (AvgIpc) is 3.02. The highest BCUT2D eigenvalue weighted by molar-refractivity contribution is 6.10. The molecule has 1 atom stereocenters. The van der Waals surface area contributed by atoms with E-state index in [1.165, 1.54) is 16.7 Å². The average molecular weight is 607 g/mol. The summed E-state index contributed by atoms with van der Waals surface area (Å²) < 4.78 is 5.40. The number of anilines is 2. The SMILES string of the molecule is CC(=O)N1C[C@H](NC(=O)c2cc(C)c(CO)c(C)c2)C(=O)N(CC(=O)NC(CC(=O)OC(C)(C)C)=C(C)C)c2ccccc21. The zero-order chi connectivity index (χ0) is 32.9. The van der Waals surface area contributed by atoms with E-state index in [0.717, 1.165) is 11.1 Å². The monoisotopic (exact) mass is 606 g/mol. The van der Waals surface area contributed by atoms with E-state index in [0.29, 0.717) is 33.8 Å². The minimum atomic E-state index is -1.19. The third-order valence-corrected chi connectivity index (χ3v) is 7.13. The molecule has 236 valence electrons. The van der Waals surface area contributed by atoms with Gasteiger partial charge in [-0.1, -0.05) is 17.7 Å². The van der Waals surface area contributed by atoms with Gasteiger partial charge in [-0.2, -0.15) is 0 Å². The Hall–Kier alpha value is -4.51. The number of ether oxygens (including phenoxy) is 1. The second-order valence-corrected chi connectivity index (χ2v) is 12.1. The number of hydrogen-bond acceptors (Lipinski definition) is 7. The smallest absolute Gasteiger partial charge is 0.312 e. The van der Waals surface area contributed by atoms with Gasteiger partial charge in [0.1, 0.15) is 18.2 Å². The Morgan fingerprint density at radius 3 is 2.11 bits per heavy atom. The molecule has 0 spiro atoms. The number of para-hydroxylation sites is 2. The number of benzene rings is 2. The molecule has 4 amide bonds. The van der Waals surface area contributed by atoms with Crippen LogP contribution in [0.5, 0.6) is 0 Å². The molecule has 2 aromatic rings. The fourth-order valence-electron chi connectivity index (χ4n) is 4.99. The van der Waals surface area contributed by atoms with Crippen LogP contribution in [0.1, 0.15) is 75.0 Å². The molecule has 0 radical (unpaired) electrons. The summed E-state index contributed by atoms with van der Waals surface area (Å²) >= 11 is 0. The highest BCUT2D eigenvalue weighted by Crippen LogP contribution is 2.33. The van der Waals surface area contributed by atoms with Crippen LogP contribution in [0.25, 0.3) is 0 Å². The van der Waals surface area contributed by atoms with Crippen LogP contribution in [0.2, 0.25) is 0 Å².